The van der Waals surface area contributed by atoms with Crippen molar-refractivity contribution in [2.24, 2.45) is 0 Å². The van der Waals surface area contributed by atoms with E-state index in [1.165, 1.54) is 4.88 Å². The maximum atomic E-state index is 6.16. The van der Waals surface area contributed by atoms with Gasteiger partial charge in [-0.3, -0.25) is 4.90 Å². The second kappa shape index (κ2) is 6.60. The third-order valence-electron chi connectivity index (χ3n) is 3.58. The van der Waals surface area contributed by atoms with Crippen molar-refractivity contribution in [1.82, 2.24) is 15.0 Å². The maximum Gasteiger partial charge on any atom is 0.241 e. The van der Waals surface area contributed by atoms with Gasteiger partial charge in [0.25, 0.3) is 0 Å². The van der Waals surface area contributed by atoms with Crippen LogP contribution in [0.3, 0.4) is 0 Å². The van der Waals surface area contributed by atoms with Gasteiger partial charge in [0.05, 0.1) is 11.6 Å². The molecule has 0 aliphatic carbocycles. The lowest BCUT2D eigenvalue weighted by atomic mass is 10.2. The van der Waals surface area contributed by atoms with E-state index in [2.05, 4.69) is 39.5 Å². The summed E-state index contributed by atoms with van der Waals surface area (Å²) in [4.78, 5) is 7.93. The molecule has 6 heteroatoms. The van der Waals surface area contributed by atoms with E-state index >= 15 is 0 Å². The molecule has 2 aromatic heterocycles. The molecule has 0 aliphatic heterocycles. The predicted molar refractivity (Wildman–Crippen MR) is 88.9 cm³/mol. The van der Waals surface area contributed by atoms with Crippen LogP contribution in [0.25, 0.3) is 11.4 Å². The molecule has 0 fully saturated rings. The van der Waals surface area contributed by atoms with Crippen LogP contribution < -0.4 is 0 Å². The number of halogens is 1. The molecule has 1 unspecified atom stereocenters. The largest absolute Gasteiger partial charge is 0.338 e. The van der Waals surface area contributed by atoms with E-state index in [9.17, 15) is 0 Å². The van der Waals surface area contributed by atoms with Gasteiger partial charge < -0.3 is 4.52 Å². The molecule has 22 heavy (non-hydrogen) atoms. The van der Waals surface area contributed by atoms with Crippen LogP contribution in [0.1, 0.15) is 23.7 Å². The molecular formula is C16H16ClN3OS. The molecule has 4 nitrogen and oxygen atoms in total. The Labute approximate surface area is 138 Å². The number of nitrogens with zero attached hydrogens (tertiary/aromatic N) is 3. The summed E-state index contributed by atoms with van der Waals surface area (Å²) in [5.41, 5.74) is 0.785. The van der Waals surface area contributed by atoms with E-state index in [0.29, 0.717) is 29.3 Å². The molecule has 1 aromatic carbocycles. The average Bonchev–Trinajstić information content (AvgIpc) is 3.18. The van der Waals surface area contributed by atoms with Crippen molar-refractivity contribution in [2.45, 2.75) is 19.5 Å². The van der Waals surface area contributed by atoms with Gasteiger partial charge in [-0.05, 0) is 37.6 Å². The van der Waals surface area contributed by atoms with Gasteiger partial charge in [0.2, 0.25) is 11.7 Å². The van der Waals surface area contributed by atoms with Gasteiger partial charge in [-0.1, -0.05) is 35.0 Å². The Balaban J connectivity index is 1.73. The van der Waals surface area contributed by atoms with Crippen molar-refractivity contribution in [1.29, 1.82) is 0 Å². The lowest BCUT2D eigenvalue weighted by molar-refractivity contribution is 0.219. The quantitative estimate of drug-likeness (QED) is 0.682. The highest BCUT2D eigenvalue weighted by molar-refractivity contribution is 7.10. The van der Waals surface area contributed by atoms with Gasteiger partial charge in [0.15, 0.2) is 0 Å². The predicted octanol–water partition coefficient (Wildman–Crippen LogP) is 4.64. The van der Waals surface area contributed by atoms with Crippen molar-refractivity contribution in [3.8, 4) is 11.4 Å². The summed E-state index contributed by atoms with van der Waals surface area (Å²) in [6.45, 7) is 2.76. The summed E-state index contributed by atoms with van der Waals surface area (Å²) in [5.74, 6) is 1.11. The second-order valence-electron chi connectivity index (χ2n) is 5.10. The Morgan fingerprint density at radius 2 is 2.09 bits per heavy atom. The van der Waals surface area contributed by atoms with Crippen LogP contribution in [0.2, 0.25) is 5.02 Å². The minimum Gasteiger partial charge on any atom is -0.338 e. The highest BCUT2D eigenvalue weighted by Crippen LogP contribution is 2.27. The Kier molecular flexibility index (Phi) is 4.57. The summed E-state index contributed by atoms with van der Waals surface area (Å²) in [5, 5.41) is 6.73. The van der Waals surface area contributed by atoms with Crippen LogP contribution in [0.5, 0.6) is 0 Å². The molecule has 0 spiro atoms. The normalized spacial score (nSPS) is 12.7. The molecule has 114 valence electrons. The van der Waals surface area contributed by atoms with Crippen molar-refractivity contribution in [3.05, 3.63) is 57.6 Å². The molecule has 0 saturated carbocycles. The first-order valence-corrected chi connectivity index (χ1v) is 8.22. The van der Waals surface area contributed by atoms with Crippen molar-refractivity contribution >= 4 is 22.9 Å². The van der Waals surface area contributed by atoms with Crippen LogP contribution in [0, 0.1) is 0 Å². The molecular weight excluding hydrogens is 318 g/mol. The van der Waals surface area contributed by atoms with Crippen LogP contribution in [0.4, 0.5) is 0 Å². The minimum absolute atomic E-state index is 0.302. The van der Waals surface area contributed by atoms with Gasteiger partial charge in [-0.25, -0.2) is 0 Å². The first kappa shape index (κ1) is 15.2. The standard InChI is InChI=1S/C16H16ClN3OS/c1-11(14-8-5-9-22-14)20(2)10-15-18-16(19-21-15)12-6-3-4-7-13(12)17/h3-9,11H,10H2,1-2H3. The molecule has 0 saturated heterocycles. The van der Waals surface area contributed by atoms with E-state index in [1.807, 2.05) is 31.3 Å². The number of rotatable bonds is 5. The first-order chi connectivity index (χ1) is 10.6. The molecule has 0 amide bonds. The van der Waals surface area contributed by atoms with Gasteiger partial charge in [-0.15, -0.1) is 11.3 Å². The van der Waals surface area contributed by atoms with Crippen molar-refractivity contribution < 1.29 is 4.52 Å². The van der Waals surface area contributed by atoms with Crippen LogP contribution in [-0.2, 0) is 6.54 Å². The fraction of sp³-hybridized carbons (Fsp3) is 0.250. The third kappa shape index (κ3) is 3.21. The molecule has 2 heterocycles. The summed E-state index contributed by atoms with van der Waals surface area (Å²) < 4.78 is 5.35. The number of thiophene rings is 1. The summed E-state index contributed by atoms with van der Waals surface area (Å²) in [7, 11) is 2.05. The number of aromatic nitrogens is 2. The molecule has 0 radical (unpaired) electrons. The Hall–Kier alpha value is -1.69. The monoisotopic (exact) mass is 333 g/mol. The fourth-order valence-corrected chi connectivity index (χ4v) is 3.24. The molecule has 0 aliphatic rings. The number of benzene rings is 1. The van der Waals surface area contributed by atoms with E-state index < -0.39 is 0 Å². The average molecular weight is 334 g/mol. The second-order valence-corrected chi connectivity index (χ2v) is 6.48. The molecule has 3 aromatic rings. The van der Waals surface area contributed by atoms with Crippen molar-refractivity contribution in [3.63, 3.8) is 0 Å². The van der Waals surface area contributed by atoms with Crippen LogP contribution in [0.15, 0.2) is 46.3 Å². The van der Waals surface area contributed by atoms with Gasteiger partial charge >= 0.3 is 0 Å². The SMILES string of the molecule is CC(c1cccs1)N(C)Cc1nc(-c2ccccc2Cl)no1. The van der Waals surface area contributed by atoms with Crippen LogP contribution in [-0.4, -0.2) is 22.1 Å². The van der Waals surface area contributed by atoms with Gasteiger partial charge in [0, 0.05) is 16.5 Å². The number of hydrogen-bond acceptors (Lipinski definition) is 5. The van der Waals surface area contributed by atoms with E-state index in [0.717, 1.165) is 5.56 Å². The molecule has 0 bridgehead atoms. The maximum absolute atomic E-state index is 6.16. The highest BCUT2D eigenvalue weighted by Gasteiger charge is 2.17. The Bertz CT molecular complexity index is 741. The highest BCUT2D eigenvalue weighted by atomic mass is 35.5. The zero-order valence-corrected chi connectivity index (χ0v) is 13.9. The molecule has 0 N–H and O–H groups in total. The molecule has 1 atom stereocenters. The summed E-state index contributed by atoms with van der Waals surface area (Å²) in [6.07, 6.45) is 0. The Morgan fingerprint density at radius 1 is 1.27 bits per heavy atom. The lowest BCUT2D eigenvalue weighted by Crippen LogP contribution is -2.21. The van der Waals surface area contributed by atoms with Crippen LogP contribution >= 0.6 is 22.9 Å². The van der Waals surface area contributed by atoms with E-state index in [1.54, 1.807) is 11.3 Å². The topological polar surface area (TPSA) is 42.2 Å². The zero-order chi connectivity index (χ0) is 15.5. The lowest BCUT2D eigenvalue weighted by Gasteiger charge is -2.21. The Morgan fingerprint density at radius 3 is 2.82 bits per heavy atom. The van der Waals surface area contributed by atoms with Crippen molar-refractivity contribution in [2.75, 3.05) is 7.05 Å². The summed E-state index contributed by atoms with van der Waals surface area (Å²) in [6, 6.07) is 12.0. The minimum atomic E-state index is 0.302. The molecule has 3 rings (SSSR count). The third-order valence-corrected chi connectivity index (χ3v) is 4.96. The number of hydrogen-bond donors (Lipinski definition) is 0. The van der Waals surface area contributed by atoms with E-state index in [4.69, 9.17) is 16.1 Å². The van der Waals surface area contributed by atoms with E-state index in [-0.39, 0.29) is 0 Å². The fourth-order valence-electron chi connectivity index (χ4n) is 2.17. The zero-order valence-electron chi connectivity index (χ0n) is 12.4. The first-order valence-electron chi connectivity index (χ1n) is 6.96. The smallest absolute Gasteiger partial charge is 0.241 e. The summed E-state index contributed by atoms with van der Waals surface area (Å²) >= 11 is 7.91. The van der Waals surface area contributed by atoms with Gasteiger partial charge in [0.1, 0.15) is 0 Å². The van der Waals surface area contributed by atoms with Gasteiger partial charge in [-0.2, -0.15) is 4.98 Å².